The van der Waals surface area contributed by atoms with E-state index in [9.17, 15) is 4.79 Å². The molecule has 0 amide bonds. The zero-order valence-corrected chi connectivity index (χ0v) is 14.4. The van der Waals surface area contributed by atoms with Crippen molar-refractivity contribution >= 4 is 43.3 Å². The fourth-order valence-corrected chi connectivity index (χ4v) is 5.43. The Morgan fingerprint density at radius 3 is 2.61 bits per heavy atom. The Balaban J connectivity index is 1.41. The minimum absolute atomic E-state index is 0.372. The highest BCUT2D eigenvalue weighted by atomic mass is 32.1. The molecule has 0 bridgehead atoms. The molecule has 0 atom stereocenters. The second-order valence-electron chi connectivity index (χ2n) is 5.95. The number of fused-ring (bicyclic) bond motifs is 1. The molecule has 0 aromatic carbocycles. The maximum atomic E-state index is 11.0. The van der Waals surface area contributed by atoms with E-state index in [0.29, 0.717) is 10.9 Å². The van der Waals surface area contributed by atoms with Crippen LogP contribution in [0, 0.1) is 0 Å². The number of anilines is 1. The van der Waals surface area contributed by atoms with Crippen LogP contribution in [0.1, 0.15) is 22.5 Å². The molecule has 0 unspecified atom stereocenters. The standard InChI is InChI=1S/C15H19N3O3S2/c19-14(20)12-9-11-13(22-12)16-15(23-11)18-3-1-10(2-4-18)17-5-7-21-8-6-17/h9-10H,1-8H2,(H,19,20). The van der Waals surface area contributed by atoms with E-state index < -0.39 is 5.97 Å². The summed E-state index contributed by atoms with van der Waals surface area (Å²) in [4.78, 5) is 21.8. The SMILES string of the molecule is O=C(O)c1cc2sc(N3CCC(N4CCOCC4)CC3)nc2s1. The van der Waals surface area contributed by atoms with Gasteiger partial charge in [0.25, 0.3) is 0 Å². The van der Waals surface area contributed by atoms with Crippen LogP contribution >= 0.6 is 22.7 Å². The van der Waals surface area contributed by atoms with Crippen molar-refractivity contribution in [2.45, 2.75) is 18.9 Å². The van der Waals surface area contributed by atoms with Crippen LogP contribution in [0.25, 0.3) is 9.53 Å². The number of hydrogen-bond acceptors (Lipinski definition) is 7. The number of aromatic nitrogens is 1. The van der Waals surface area contributed by atoms with Crippen LogP contribution in [0.15, 0.2) is 6.07 Å². The molecule has 0 spiro atoms. The van der Waals surface area contributed by atoms with Gasteiger partial charge in [-0.2, -0.15) is 0 Å². The molecule has 23 heavy (non-hydrogen) atoms. The first-order valence-corrected chi connectivity index (χ1v) is 9.54. The lowest BCUT2D eigenvalue weighted by molar-refractivity contribution is 0.0115. The Bertz CT molecular complexity index is 668. The summed E-state index contributed by atoms with van der Waals surface area (Å²) in [6.07, 6.45) is 2.32. The molecule has 0 radical (unpaired) electrons. The fourth-order valence-electron chi connectivity index (χ4n) is 3.33. The van der Waals surface area contributed by atoms with E-state index in [0.717, 1.165) is 66.9 Å². The quantitative estimate of drug-likeness (QED) is 0.914. The summed E-state index contributed by atoms with van der Waals surface area (Å²) in [5.74, 6) is -0.868. The van der Waals surface area contributed by atoms with Crippen molar-refractivity contribution in [1.29, 1.82) is 0 Å². The van der Waals surface area contributed by atoms with Crippen LogP contribution in [0.3, 0.4) is 0 Å². The van der Waals surface area contributed by atoms with Gasteiger partial charge in [-0.1, -0.05) is 11.3 Å². The number of aromatic carboxylic acids is 1. The van der Waals surface area contributed by atoms with Crippen LogP contribution in [-0.4, -0.2) is 66.4 Å². The van der Waals surface area contributed by atoms with Gasteiger partial charge in [0.15, 0.2) is 5.13 Å². The third-order valence-corrected chi connectivity index (χ3v) is 6.80. The van der Waals surface area contributed by atoms with Gasteiger partial charge in [0.05, 0.1) is 17.9 Å². The zero-order chi connectivity index (χ0) is 15.8. The summed E-state index contributed by atoms with van der Waals surface area (Å²) in [5, 5.41) is 10.1. The third-order valence-electron chi connectivity index (χ3n) is 4.59. The Morgan fingerprint density at radius 1 is 1.22 bits per heavy atom. The van der Waals surface area contributed by atoms with E-state index >= 15 is 0 Å². The largest absolute Gasteiger partial charge is 0.477 e. The molecular weight excluding hydrogens is 334 g/mol. The summed E-state index contributed by atoms with van der Waals surface area (Å²) in [7, 11) is 0. The Morgan fingerprint density at radius 2 is 1.96 bits per heavy atom. The van der Waals surface area contributed by atoms with E-state index in [1.807, 2.05) is 0 Å². The number of nitrogens with zero attached hydrogens (tertiary/aromatic N) is 3. The molecule has 2 fully saturated rings. The lowest BCUT2D eigenvalue weighted by Gasteiger charge is -2.40. The predicted octanol–water partition coefficient (Wildman–Crippen LogP) is 2.36. The fraction of sp³-hybridized carbons (Fsp3) is 0.600. The number of hydrogen-bond donors (Lipinski definition) is 1. The van der Waals surface area contributed by atoms with Crippen LogP contribution in [0.4, 0.5) is 5.13 Å². The maximum Gasteiger partial charge on any atom is 0.345 e. The monoisotopic (exact) mass is 353 g/mol. The summed E-state index contributed by atoms with van der Waals surface area (Å²) in [5.41, 5.74) is 0. The van der Waals surface area contributed by atoms with E-state index in [1.165, 1.54) is 11.3 Å². The van der Waals surface area contributed by atoms with Crippen molar-refractivity contribution in [3.63, 3.8) is 0 Å². The van der Waals surface area contributed by atoms with Crippen molar-refractivity contribution in [2.24, 2.45) is 0 Å². The number of carboxylic acids is 1. The number of thiazole rings is 1. The molecule has 124 valence electrons. The van der Waals surface area contributed by atoms with E-state index in [1.54, 1.807) is 17.4 Å². The number of carboxylic acid groups (broad SMARTS) is 1. The molecule has 4 heterocycles. The highest BCUT2D eigenvalue weighted by Gasteiger charge is 2.27. The van der Waals surface area contributed by atoms with Crippen LogP contribution in [-0.2, 0) is 4.74 Å². The van der Waals surface area contributed by atoms with Gasteiger partial charge in [-0.15, -0.1) is 11.3 Å². The molecule has 8 heteroatoms. The minimum atomic E-state index is -0.868. The molecule has 2 aliphatic heterocycles. The Hall–Kier alpha value is -1.22. The lowest BCUT2D eigenvalue weighted by atomic mass is 10.0. The zero-order valence-electron chi connectivity index (χ0n) is 12.7. The molecule has 2 saturated heterocycles. The molecule has 4 rings (SSSR count). The van der Waals surface area contributed by atoms with Gasteiger partial charge in [-0.25, -0.2) is 9.78 Å². The molecule has 2 aliphatic rings. The van der Waals surface area contributed by atoms with Gasteiger partial charge in [0, 0.05) is 32.2 Å². The number of piperidine rings is 1. The van der Waals surface area contributed by atoms with Gasteiger partial charge in [-0.3, -0.25) is 4.90 Å². The minimum Gasteiger partial charge on any atom is -0.477 e. The first-order chi connectivity index (χ1) is 11.2. The first-order valence-electron chi connectivity index (χ1n) is 7.91. The van der Waals surface area contributed by atoms with Crippen molar-refractivity contribution in [3.05, 3.63) is 10.9 Å². The maximum absolute atomic E-state index is 11.0. The number of morpholine rings is 1. The molecule has 2 aromatic rings. The summed E-state index contributed by atoms with van der Waals surface area (Å²) >= 11 is 2.87. The van der Waals surface area contributed by atoms with E-state index in [4.69, 9.17) is 9.84 Å². The van der Waals surface area contributed by atoms with E-state index in [-0.39, 0.29) is 0 Å². The predicted molar refractivity (Wildman–Crippen MR) is 92.1 cm³/mol. The van der Waals surface area contributed by atoms with Crippen molar-refractivity contribution in [3.8, 4) is 0 Å². The van der Waals surface area contributed by atoms with Gasteiger partial charge in [-0.05, 0) is 18.9 Å². The number of carbonyl (C=O) groups is 1. The second-order valence-corrected chi connectivity index (χ2v) is 7.99. The van der Waals surface area contributed by atoms with Gasteiger partial charge >= 0.3 is 5.97 Å². The number of ether oxygens (including phenoxy) is 1. The van der Waals surface area contributed by atoms with E-state index in [2.05, 4.69) is 14.8 Å². The number of thiophene rings is 1. The summed E-state index contributed by atoms with van der Waals surface area (Å²) < 4.78 is 6.42. The summed E-state index contributed by atoms with van der Waals surface area (Å²) in [6.45, 7) is 5.86. The third kappa shape index (κ3) is 3.08. The number of rotatable bonds is 3. The Labute approximate surface area is 142 Å². The molecular formula is C15H19N3O3S2. The highest BCUT2D eigenvalue weighted by Crippen LogP contribution is 2.35. The highest BCUT2D eigenvalue weighted by molar-refractivity contribution is 7.29. The molecule has 2 aromatic heterocycles. The van der Waals surface area contributed by atoms with Crippen LogP contribution in [0.2, 0.25) is 0 Å². The molecule has 0 aliphatic carbocycles. The normalized spacial score (nSPS) is 21.1. The lowest BCUT2D eigenvalue weighted by Crippen LogP contribution is -2.49. The van der Waals surface area contributed by atoms with Gasteiger partial charge in [0.1, 0.15) is 9.71 Å². The average Bonchev–Trinajstić information content (AvgIpc) is 3.15. The van der Waals surface area contributed by atoms with Crippen LogP contribution in [0.5, 0.6) is 0 Å². The first kappa shape index (κ1) is 15.3. The molecule has 6 nitrogen and oxygen atoms in total. The smallest absolute Gasteiger partial charge is 0.345 e. The van der Waals surface area contributed by atoms with Crippen LogP contribution < -0.4 is 4.90 Å². The second kappa shape index (κ2) is 6.35. The van der Waals surface area contributed by atoms with Gasteiger partial charge < -0.3 is 14.7 Å². The molecule has 0 saturated carbocycles. The van der Waals surface area contributed by atoms with Gasteiger partial charge in [0.2, 0.25) is 0 Å². The molecule has 1 N–H and O–H groups in total. The van der Waals surface area contributed by atoms with Crippen molar-refractivity contribution in [1.82, 2.24) is 9.88 Å². The van der Waals surface area contributed by atoms with Crippen molar-refractivity contribution in [2.75, 3.05) is 44.3 Å². The Kier molecular flexibility index (Phi) is 4.23. The van der Waals surface area contributed by atoms with Crippen molar-refractivity contribution < 1.29 is 14.6 Å². The summed E-state index contributed by atoms with van der Waals surface area (Å²) in [6, 6.07) is 2.40. The average molecular weight is 353 g/mol. The topological polar surface area (TPSA) is 65.9 Å².